The Balaban J connectivity index is 2.21. The van der Waals surface area contributed by atoms with Crippen LogP contribution in [0.25, 0.3) is 0 Å². The van der Waals surface area contributed by atoms with E-state index in [1.807, 2.05) is 20.8 Å². The van der Waals surface area contributed by atoms with Crippen molar-refractivity contribution in [3.05, 3.63) is 11.7 Å². The second kappa shape index (κ2) is 7.38. The molecule has 0 aliphatic carbocycles. The number of carbonyl (C=O) groups is 1. The second-order valence-electron chi connectivity index (χ2n) is 6.26. The van der Waals surface area contributed by atoms with Crippen LogP contribution in [0.1, 0.15) is 58.7 Å². The topological polar surface area (TPSA) is 88.3 Å². The summed E-state index contributed by atoms with van der Waals surface area (Å²) in [5, 5.41) is 15.8. The minimum atomic E-state index is -0.731. The van der Waals surface area contributed by atoms with Crippen LogP contribution >= 0.6 is 0 Å². The zero-order valence-electron chi connectivity index (χ0n) is 12.8. The summed E-state index contributed by atoms with van der Waals surface area (Å²) in [6.07, 6.45) is 1.89. The summed E-state index contributed by atoms with van der Waals surface area (Å²) in [6, 6.07) is 0. The molecule has 0 amide bonds. The monoisotopic (exact) mass is 283 g/mol. The molecule has 1 heterocycles. The van der Waals surface area contributed by atoms with Gasteiger partial charge in [0.2, 0.25) is 5.89 Å². The van der Waals surface area contributed by atoms with Crippen molar-refractivity contribution in [3.63, 3.8) is 0 Å². The highest BCUT2D eigenvalue weighted by Crippen LogP contribution is 2.18. The average Bonchev–Trinajstić information content (AvgIpc) is 2.80. The first-order valence-electron chi connectivity index (χ1n) is 7.04. The highest BCUT2D eigenvalue weighted by molar-refractivity contribution is 5.66. The Kier molecular flexibility index (Phi) is 6.13. The van der Waals surface area contributed by atoms with Gasteiger partial charge in [0.15, 0.2) is 5.82 Å². The van der Waals surface area contributed by atoms with Gasteiger partial charge in [-0.15, -0.1) is 0 Å². The third-order valence-corrected chi connectivity index (χ3v) is 3.08. The lowest BCUT2D eigenvalue weighted by atomic mass is 9.96. The molecule has 2 N–H and O–H groups in total. The summed E-state index contributed by atoms with van der Waals surface area (Å²) in [4.78, 5) is 14.8. The Labute approximate surface area is 120 Å². The van der Waals surface area contributed by atoms with E-state index in [0.717, 1.165) is 13.0 Å². The van der Waals surface area contributed by atoms with Gasteiger partial charge < -0.3 is 14.9 Å². The molecule has 0 spiro atoms. The molecule has 6 heteroatoms. The molecule has 1 aromatic rings. The van der Waals surface area contributed by atoms with Gasteiger partial charge in [-0.05, 0) is 25.3 Å². The fourth-order valence-corrected chi connectivity index (χ4v) is 1.69. The number of carboxylic acids is 1. The van der Waals surface area contributed by atoms with E-state index in [2.05, 4.69) is 22.4 Å². The largest absolute Gasteiger partial charge is 0.481 e. The van der Waals surface area contributed by atoms with Crippen molar-refractivity contribution in [1.29, 1.82) is 0 Å². The molecule has 0 saturated heterocycles. The second-order valence-corrected chi connectivity index (χ2v) is 6.26. The number of nitrogens with one attached hydrogen (secondary N) is 1. The van der Waals surface area contributed by atoms with Crippen molar-refractivity contribution in [2.24, 2.45) is 5.92 Å². The van der Waals surface area contributed by atoms with Gasteiger partial charge in [-0.25, -0.2) is 0 Å². The maximum Gasteiger partial charge on any atom is 0.303 e. The van der Waals surface area contributed by atoms with Crippen LogP contribution in [-0.4, -0.2) is 27.8 Å². The van der Waals surface area contributed by atoms with Crippen LogP contribution < -0.4 is 5.32 Å². The molecule has 0 aromatic carbocycles. The van der Waals surface area contributed by atoms with Gasteiger partial charge in [-0.1, -0.05) is 32.9 Å². The van der Waals surface area contributed by atoms with Crippen LogP contribution in [0.3, 0.4) is 0 Å². The zero-order chi connectivity index (χ0) is 15.2. The van der Waals surface area contributed by atoms with Crippen LogP contribution in [0.2, 0.25) is 0 Å². The quantitative estimate of drug-likeness (QED) is 0.712. The van der Waals surface area contributed by atoms with Gasteiger partial charge in [0.25, 0.3) is 0 Å². The molecule has 20 heavy (non-hydrogen) atoms. The summed E-state index contributed by atoms with van der Waals surface area (Å²) in [7, 11) is 0. The number of aromatic nitrogens is 2. The SMILES string of the molecule is CC(CCNCc1nc(C(C)(C)C)no1)CCC(=O)O. The first-order chi connectivity index (χ1) is 9.29. The van der Waals surface area contributed by atoms with E-state index in [1.54, 1.807) is 0 Å². The molecule has 1 atom stereocenters. The molecule has 1 unspecified atom stereocenters. The van der Waals surface area contributed by atoms with Crippen molar-refractivity contribution in [3.8, 4) is 0 Å². The highest BCUT2D eigenvalue weighted by atomic mass is 16.5. The van der Waals surface area contributed by atoms with Crippen molar-refractivity contribution in [2.45, 2.75) is 58.9 Å². The predicted molar refractivity (Wildman–Crippen MR) is 75.4 cm³/mol. The molecule has 0 fully saturated rings. The number of hydrogen-bond acceptors (Lipinski definition) is 5. The lowest BCUT2D eigenvalue weighted by Crippen LogP contribution is -2.18. The minimum absolute atomic E-state index is 0.104. The summed E-state index contributed by atoms with van der Waals surface area (Å²) < 4.78 is 5.18. The molecule has 1 aromatic heterocycles. The van der Waals surface area contributed by atoms with Crippen molar-refractivity contribution < 1.29 is 14.4 Å². The van der Waals surface area contributed by atoms with Gasteiger partial charge in [0.1, 0.15) is 0 Å². The van der Waals surface area contributed by atoms with Gasteiger partial charge in [0.05, 0.1) is 6.54 Å². The smallest absolute Gasteiger partial charge is 0.303 e. The summed E-state index contributed by atoms with van der Waals surface area (Å²) in [5.41, 5.74) is -0.104. The summed E-state index contributed by atoms with van der Waals surface area (Å²) in [5.74, 6) is 0.967. The van der Waals surface area contributed by atoms with E-state index in [9.17, 15) is 4.79 Å². The first-order valence-corrected chi connectivity index (χ1v) is 7.04. The van der Waals surface area contributed by atoms with Crippen LogP contribution in [0.5, 0.6) is 0 Å². The molecule has 1 rings (SSSR count). The van der Waals surface area contributed by atoms with Gasteiger partial charge >= 0.3 is 5.97 Å². The van der Waals surface area contributed by atoms with Gasteiger partial charge in [0, 0.05) is 11.8 Å². The molecule has 0 saturated carbocycles. The molecule has 0 aliphatic rings. The van der Waals surface area contributed by atoms with Crippen LogP contribution in [0, 0.1) is 5.92 Å². The lowest BCUT2D eigenvalue weighted by Gasteiger charge is -2.11. The Bertz CT molecular complexity index is 424. The van der Waals surface area contributed by atoms with E-state index in [4.69, 9.17) is 9.63 Å². The Morgan fingerprint density at radius 3 is 2.65 bits per heavy atom. The fourth-order valence-electron chi connectivity index (χ4n) is 1.69. The number of carboxylic acid groups (broad SMARTS) is 1. The molecular weight excluding hydrogens is 258 g/mol. The Morgan fingerprint density at radius 2 is 2.10 bits per heavy atom. The lowest BCUT2D eigenvalue weighted by molar-refractivity contribution is -0.137. The van der Waals surface area contributed by atoms with Gasteiger partial charge in [-0.3, -0.25) is 4.79 Å². The Morgan fingerprint density at radius 1 is 1.40 bits per heavy atom. The molecular formula is C14H25N3O3. The predicted octanol–water partition coefficient (Wildman–Crippen LogP) is 2.35. The van der Waals surface area contributed by atoms with Crippen LogP contribution in [0.4, 0.5) is 0 Å². The van der Waals surface area contributed by atoms with E-state index in [0.29, 0.717) is 30.6 Å². The maximum atomic E-state index is 10.5. The van der Waals surface area contributed by atoms with Crippen LogP contribution in [0.15, 0.2) is 4.52 Å². The van der Waals surface area contributed by atoms with E-state index in [1.165, 1.54) is 0 Å². The summed E-state index contributed by atoms with van der Waals surface area (Å²) >= 11 is 0. The molecule has 0 aliphatic heterocycles. The van der Waals surface area contributed by atoms with E-state index < -0.39 is 5.97 Å². The molecule has 0 radical (unpaired) electrons. The van der Waals surface area contributed by atoms with Gasteiger partial charge in [-0.2, -0.15) is 4.98 Å². The third kappa shape index (κ3) is 6.14. The fraction of sp³-hybridized carbons (Fsp3) is 0.786. The normalized spacial score (nSPS) is 13.4. The highest BCUT2D eigenvalue weighted by Gasteiger charge is 2.20. The minimum Gasteiger partial charge on any atom is -0.481 e. The van der Waals surface area contributed by atoms with Crippen molar-refractivity contribution >= 4 is 5.97 Å². The van der Waals surface area contributed by atoms with E-state index >= 15 is 0 Å². The maximum absolute atomic E-state index is 10.5. The van der Waals surface area contributed by atoms with E-state index in [-0.39, 0.29) is 11.8 Å². The first kappa shape index (κ1) is 16.6. The Hall–Kier alpha value is -1.43. The standard InChI is InChI=1S/C14H25N3O3/c1-10(5-6-12(18)19)7-8-15-9-11-16-13(17-20-11)14(2,3)4/h10,15H,5-9H2,1-4H3,(H,18,19). The number of rotatable bonds is 8. The van der Waals surface area contributed by atoms with Crippen molar-refractivity contribution in [1.82, 2.24) is 15.5 Å². The average molecular weight is 283 g/mol. The third-order valence-electron chi connectivity index (χ3n) is 3.08. The molecule has 114 valence electrons. The van der Waals surface area contributed by atoms with Crippen molar-refractivity contribution in [2.75, 3.05) is 6.54 Å². The number of aliphatic carboxylic acids is 1. The molecule has 0 bridgehead atoms. The summed E-state index contributed by atoms with van der Waals surface area (Å²) in [6.45, 7) is 9.55. The number of hydrogen-bond donors (Lipinski definition) is 2. The zero-order valence-corrected chi connectivity index (χ0v) is 12.8. The van der Waals surface area contributed by atoms with Crippen LogP contribution in [-0.2, 0) is 16.8 Å². The molecule has 6 nitrogen and oxygen atoms in total. The number of nitrogens with zero attached hydrogens (tertiary/aromatic N) is 2.